The average Bonchev–Trinajstić information content (AvgIpc) is 2.55. The molecule has 0 saturated heterocycles. The molecule has 0 aromatic heterocycles. The fraction of sp³-hybridized carbons (Fsp3) is 0.700. The van der Waals surface area contributed by atoms with Crippen molar-refractivity contribution in [1.82, 2.24) is 0 Å². The standard InChI is InChI=1S/C20H31BrO/c1-3-4-5-14-20(21)15-12-18(13-16-20)7-6-17-8-10-19(22-2)11-9-17/h8-11,18H,3-7,12-16H2,1-2H3. The van der Waals surface area contributed by atoms with Crippen LogP contribution in [0, 0.1) is 5.92 Å². The van der Waals surface area contributed by atoms with Gasteiger partial charge in [-0.05, 0) is 68.6 Å². The molecule has 1 aromatic carbocycles. The van der Waals surface area contributed by atoms with Crippen LogP contribution in [0.4, 0.5) is 0 Å². The molecule has 1 aliphatic rings. The second-order valence-corrected chi connectivity index (χ2v) is 8.62. The van der Waals surface area contributed by atoms with E-state index in [9.17, 15) is 0 Å². The lowest BCUT2D eigenvalue weighted by Crippen LogP contribution is -2.28. The van der Waals surface area contributed by atoms with Crippen LogP contribution in [-0.4, -0.2) is 11.4 Å². The van der Waals surface area contributed by atoms with Crippen LogP contribution in [-0.2, 0) is 6.42 Å². The van der Waals surface area contributed by atoms with Crippen LogP contribution in [0.2, 0.25) is 0 Å². The largest absolute Gasteiger partial charge is 0.497 e. The SMILES string of the molecule is CCCCCC1(Br)CCC(CCc2ccc(OC)cc2)CC1. The lowest BCUT2D eigenvalue weighted by molar-refractivity contribution is 0.279. The summed E-state index contributed by atoms with van der Waals surface area (Å²) in [5, 5.41) is 0. The Balaban J connectivity index is 1.70. The van der Waals surface area contributed by atoms with Crippen LogP contribution >= 0.6 is 15.9 Å². The Bertz CT molecular complexity index is 418. The molecule has 0 N–H and O–H groups in total. The minimum Gasteiger partial charge on any atom is -0.497 e. The van der Waals surface area contributed by atoms with Crippen molar-refractivity contribution in [3.8, 4) is 5.75 Å². The van der Waals surface area contributed by atoms with Gasteiger partial charge in [0.2, 0.25) is 0 Å². The summed E-state index contributed by atoms with van der Waals surface area (Å²) in [4.78, 5) is 0. The topological polar surface area (TPSA) is 9.23 Å². The molecule has 1 nitrogen and oxygen atoms in total. The molecule has 1 fully saturated rings. The van der Waals surface area contributed by atoms with Crippen molar-refractivity contribution in [1.29, 1.82) is 0 Å². The number of hydrogen-bond acceptors (Lipinski definition) is 1. The Hall–Kier alpha value is -0.500. The highest BCUT2D eigenvalue weighted by atomic mass is 79.9. The number of rotatable bonds is 8. The minimum absolute atomic E-state index is 0.457. The second-order valence-electron chi connectivity index (χ2n) is 6.94. The molecule has 0 atom stereocenters. The number of alkyl halides is 1. The quantitative estimate of drug-likeness (QED) is 0.375. The first-order valence-electron chi connectivity index (χ1n) is 8.97. The van der Waals surface area contributed by atoms with Crippen LogP contribution in [0.1, 0.15) is 70.3 Å². The first-order valence-corrected chi connectivity index (χ1v) is 9.76. The summed E-state index contributed by atoms with van der Waals surface area (Å²) < 4.78 is 5.68. The van der Waals surface area contributed by atoms with Crippen molar-refractivity contribution in [3.05, 3.63) is 29.8 Å². The van der Waals surface area contributed by atoms with Crippen LogP contribution in [0.15, 0.2) is 24.3 Å². The maximum Gasteiger partial charge on any atom is 0.118 e. The van der Waals surface area contributed by atoms with Gasteiger partial charge in [0.1, 0.15) is 5.75 Å². The second kappa shape index (κ2) is 8.96. The predicted octanol–water partition coefficient (Wildman–Crippen LogP) is 6.53. The molecule has 1 aliphatic carbocycles. The highest BCUT2D eigenvalue weighted by molar-refractivity contribution is 9.10. The molecule has 2 rings (SSSR count). The van der Waals surface area contributed by atoms with Crippen molar-refractivity contribution in [2.24, 2.45) is 5.92 Å². The monoisotopic (exact) mass is 366 g/mol. The third kappa shape index (κ3) is 5.61. The zero-order valence-corrected chi connectivity index (χ0v) is 15.8. The molecule has 0 amide bonds. The first-order chi connectivity index (χ1) is 10.6. The summed E-state index contributed by atoms with van der Waals surface area (Å²) in [6, 6.07) is 8.57. The summed E-state index contributed by atoms with van der Waals surface area (Å²) in [5.41, 5.74) is 1.44. The third-order valence-electron chi connectivity index (χ3n) is 5.23. The van der Waals surface area contributed by atoms with Gasteiger partial charge in [-0.1, -0.05) is 54.2 Å². The number of halogens is 1. The Morgan fingerprint density at radius 3 is 2.41 bits per heavy atom. The van der Waals surface area contributed by atoms with Crippen LogP contribution in [0.3, 0.4) is 0 Å². The number of aryl methyl sites for hydroxylation is 1. The Morgan fingerprint density at radius 2 is 1.82 bits per heavy atom. The number of unbranched alkanes of at least 4 members (excludes halogenated alkanes) is 2. The molecular weight excluding hydrogens is 336 g/mol. The summed E-state index contributed by atoms with van der Waals surface area (Å²) in [6.45, 7) is 2.29. The molecule has 124 valence electrons. The van der Waals surface area contributed by atoms with E-state index < -0.39 is 0 Å². The first kappa shape index (κ1) is 17.8. The van der Waals surface area contributed by atoms with Crippen molar-refractivity contribution < 1.29 is 4.74 Å². The van der Waals surface area contributed by atoms with E-state index in [1.165, 1.54) is 69.8 Å². The van der Waals surface area contributed by atoms with Crippen LogP contribution < -0.4 is 4.74 Å². The van der Waals surface area contributed by atoms with Crippen molar-refractivity contribution >= 4 is 15.9 Å². The highest BCUT2D eigenvalue weighted by Gasteiger charge is 2.31. The van der Waals surface area contributed by atoms with E-state index in [0.717, 1.165) is 11.7 Å². The van der Waals surface area contributed by atoms with Gasteiger partial charge in [0.15, 0.2) is 0 Å². The molecule has 1 aromatic rings. The lowest BCUT2D eigenvalue weighted by atomic mass is 9.77. The molecule has 0 aliphatic heterocycles. The maximum absolute atomic E-state index is 5.22. The van der Waals surface area contributed by atoms with Crippen LogP contribution in [0.5, 0.6) is 5.75 Å². The summed E-state index contributed by atoms with van der Waals surface area (Å²) >= 11 is 4.05. The normalized spacial score (nSPS) is 25.1. The van der Waals surface area contributed by atoms with Gasteiger partial charge in [0, 0.05) is 4.32 Å². The molecule has 0 bridgehead atoms. The molecule has 1 saturated carbocycles. The summed E-state index contributed by atoms with van der Waals surface area (Å²) in [6.07, 6.45) is 13.5. The van der Waals surface area contributed by atoms with Crippen LogP contribution in [0.25, 0.3) is 0 Å². The van der Waals surface area contributed by atoms with Gasteiger partial charge in [-0.2, -0.15) is 0 Å². The molecule has 0 heterocycles. The van der Waals surface area contributed by atoms with E-state index in [-0.39, 0.29) is 0 Å². The van der Waals surface area contributed by atoms with E-state index in [1.807, 2.05) is 0 Å². The van der Waals surface area contributed by atoms with Gasteiger partial charge in [0.05, 0.1) is 7.11 Å². The molecule has 0 radical (unpaired) electrons. The zero-order chi connectivity index (χ0) is 15.8. The fourth-order valence-electron chi connectivity index (χ4n) is 3.59. The molecule has 2 heteroatoms. The molecular formula is C20H31BrO. The van der Waals surface area contributed by atoms with E-state index >= 15 is 0 Å². The number of benzene rings is 1. The average molecular weight is 367 g/mol. The molecule has 0 unspecified atom stereocenters. The smallest absolute Gasteiger partial charge is 0.118 e. The van der Waals surface area contributed by atoms with E-state index in [0.29, 0.717) is 4.32 Å². The maximum atomic E-state index is 5.22. The summed E-state index contributed by atoms with van der Waals surface area (Å²) in [7, 11) is 1.73. The summed E-state index contributed by atoms with van der Waals surface area (Å²) in [5.74, 6) is 1.87. The number of hydrogen-bond donors (Lipinski definition) is 0. The fourth-order valence-corrected chi connectivity index (χ4v) is 4.33. The Morgan fingerprint density at radius 1 is 1.14 bits per heavy atom. The lowest BCUT2D eigenvalue weighted by Gasteiger charge is -2.36. The number of ether oxygens (including phenoxy) is 1. The van der Waals surface area contributed by atoms with Gasteiger partial charge >= 0.3 is 0 Å². The van der Waals surface area contributed by atoms with Gasteiger partial charge in [-0.15, -0.1) is 0 Å². The van der Waals surface area contributed by atoms with E-state index in [2.05, 4.69) is 47.1 Å². The van der Waals surface area contributed by atoms with E-state index in [4.69, 9.17) is 4.74 Å². The van der Waals surface area contributed by atoms with Gasteiger partial charge in [0.25, 0.3) is 0 Å². The third-order valence-corrected chi connectivity index (χ3v) is 6.42. The Labute approximate surface area is 145 Å². The van der Waals surface area contributed by atoms with E-state index in [1.54, 1.807) is 7.11 Å². The predicted molar refractivity (Wildman–Crippen MR) is 99.1 cm³/mol. The number of methoxy groups -OCH3 is 1. The zero-order valence-electron chi connectivity index (χ0n) is 14.2. The minimum atomic E-state index is 0.457. The van der Waals surface area contributed by atoms with Gasteiger partial charge in [-0.3, -0.25) is 0 Å². The van der Waals surface area contributed by atoms with Gasteiger partial charge < -0.3 is 4.74 Å². The Kier molecular flexibility index (Phi) is 7.27. The van der Waals surface area contributed by atoms with Crippen molar-refractivity contribution in [3.63, 3.8) is 0 Å². The van der Waals surface area contributed by atoms with Gasteiger partial charge in [-0.25, -0.2) is 0 Å². The van der Waals surface area contributed by atoms with Crippen molar-refractivity contribution in [2.45, 2.75) is 75.5 Å². The molecule has 0 spiro atoms. The highest BCUT2D eigenvalue weighted by Crippen LogP contribution is 2.43. The van der Waals surface area contributed by atoms with Crippen molar-refractivity contribution in [2.75, 3.05) is 7.11 Å². The molecule has 22 heavy (non-hydrogen) atoms.